The maximum Gasteiger partial charge on any atom is 0.220 e. The lowest BCUT2D eigenvalue weighted by Gasteiger charge is -2.06. The maximum atomic E-state index is 11.9. The standard InChI is InChI=1S/C22H24N2O4/c1-26-20-10-5-7-17(15-20)21-16-18(24-28-21)12-13-23-22(25)11-6-14-27-19-8-3-2-4-9-19/h2-5,7-10,15-16H,6,11-14H2,1H3,(H,23,25). The molecule has 3 rings (SSSR count). The zero-order chi connectivity index (χ0) is 19.6. The number of para-hydroxylation sites is 1. The fourth-order valence-electron chi connectivity index (χ4n) is 2.70. The van der Waals surface area contributed by atoms with Crippen molar-refractivity contribution in [1.29, 1.82) is 0 Å². The van der Waals surface area contributed by atoms with Crippen molar-refractivity contribution < 1.29 is 18.8 Å². The van der Waals surface area contributed by atoms with E-state index in [9.17, 15) is 4.79 Å². The van der Waals surface area contributed by atoms with E-state index in [2.05, 4.69) is 10.5 Å². The number of hydrogen-bond acceptors (Lipinski definition) is 5. The van der Waals surface area contributed by atoms with Gasteiger partial charge in [0.1, 0.15) is 11.5 Å². The molecule has 3 aromatic rings. The number of methoxy groups -OCH3 is 1. The summed E-state index contributed by atoms with van der Waals surface area (Å²) >= 11 is 0. The van der Waals surface area contributed by atoms with Gasteiger partial charge >= 0.3 is 0 Å². The highest BCUT2D eigenvalue weighted by Crippen LogP contribution is 2.24. The van der Waals surface area contributed by atoms with E-state index in [4.69, 9.17) is 14.0 Å². The number of amides is 1. The second kappa shape index (κ2) is 10.2. The van der Waals surface area contributed by atoms with Gasteiger partial charge in [0.15, 0.2) is 5.76 Å². The van der Waals surface area contributed by atoms with E-state index in [1.807, 2.05) is 60.7 Å². The van der Waals surface area contributed by atoms with Gasteiger partial charge in [0.05, 0.1) is 19.4 Å². The van der Waals surface area contributed by atoms with Crippen LogP contribution in [0.25, 0.3) is 11.3 Å². The Hall–Kier alpha value is -3.28. The summed E-state index contributed by atoms with van der Waals surface area (Å²) in [6.07, 6.45) is 1.71. The summed E-state index contributed by atoms with van der Waals surface area (Å²) in [5.74, 6) is 2.27. The molecule has 0 bridgehead atoms. The van der Waals surface area contributed by atoms with Crippen LogP contribution in [-0.4, -0.2) is 31.3 Å². The van der Waals surface area contributed by atoms with Crippen LogP contribution >= 0.6 is 0 Å². The van der Waals surface area contributed by atoms with E-state index in [1.165, 1.54) is 0 Å². The van der Waals surface area contributed by atoms with Crippen LogP contribution in [0.2, 0.25) is 0 Å². The van der Waals surface area contributed by atoms with E-state index in [0.717, 1.165) is 22.8 Å². The van der Waals surface area contributed by atoms with Crippen molar-refractivity contribution in [3.63, 3.8) is 0 Å². The third kappa shape index (κ3) is 5.87. The van der Waals surface area contributed by atoms with Gasteiger partial charge in [-0.2, -0.15) is 0 Å². The van der Waals surface area contributed by atoms with Crippen molar-refractivity contribution in [2.45, 2.75) is 19.3 Å². The molecule has 0 aliphatic rings. The summed E-state index contributed by atoms with van der Waals surface area (Å²) in [7, 11) is 1.63. The number of nitrogens with zero attached hydrogens (tertiary/aromatic N) is 1. The Bertz CT molecular complexity index is 877. The number of ether oxygens (including phenoxy) is 2. The average Bonchev–Trinajstić information content (AvgIpc) is 3.21. The summed E-state index contributed by atoms with van der Waals surface area (Å²) in [5, 5.41) is 6.97. The van der Waals surface area contributed by atoms with Gasteiger partial charge in [-0.15, -0.1) is 0 Å². The normalized spacial score (nSPS) is 10.5. The Morgan fingerprint density at radius 3 is 2.71 bits per heavy atom. The topological polar surface area (TPSA) is 73.6 Å². The molecule has 0 saturated carbocycles. The molecule has 0 atom stereocenters. The van der Waals surface area contributed by atoms with Crippen LogP contribution in [0.1, 0.15) is 18.5 Å². The molecule has 1 amide bonds. The lowest BCUT2D eigenvalue weighted by atomic mass is 10.1. The number of aromatic nitrogens is 1. The third-order valence-corrected chi connectivity index (χ3v) is 4.18. The van der Waals surface area contributed by atoms with E-state index < -0.39 is 0 Å². The smallest absolute Gasteiger partial charge is 0.220 e. The molecule has 0 fully saturated rings. The van der Waals surface area contributed by atoms with Gasteiger partial charge in [0.2, 0.25) is 5.91 Å². The van der Waals surface area contributed by atoms with E-state index >= 15 is 0 Å². The SMILES string of the molecule is COc1cccc(-c2cc(CCNC(=O)CCCOc3ccccc3)no2)c1. The van der Waals surface area contributed by atoms with Gasteiger partial charge in [-0.05, 0) is 30.7 Å². The van der Waals surface area contributed by atoms with Crippen molar-refractivity contribution in [1.82, 2.24) is 10.5 Å². The molecular formula is C22H24N2O4. The first-order valence-corrected chi connectivity index (χ1v) is 9.29. The number of benzene rings is 2. The monoisotopic (exact) mass is 380 g/mol. The van der Waals surface area contributed by atoms with Crippen LogP contribution in [0.15, 0.2) is 65.2 Å². The van der Waals surface area contributed by atoms with Crippen molar-refractivity contribution in [3.8, 4) is 22.8 Å². The predicted octanol–water partition coefficient (Wildman–Crippen LogP) is 3.87. The van der Waals surface area contributed by atoms with Crippen molar-refractivity contribution >= 4 is 5.91 Å². The lowest BCUT2D eigenvalue weighted by Crippen LogP contribution is -2.25. The number of carbonyl (C=O) groups excluding carboxylic acids is 1. The Balaban J connectivity index is 1.35. The Morgan fingerprint density at radius 2 is 1.89 bits per heavy atom. The first-order chi connectivity index (χ1) is 13.7. The summed E-state index contributed by atoms with van der Waals surface area (Å²) in [6, 6.07) is 19.1. The fourth-order valence-corrected chi connectivity index (χ4v) is 2.70. The molecule has 2 aromatic carbocycles. The highest BCUT2D eigenvalue weighted by molar-refractivity contribution is 5.75. The van der Waals surface area contributed by atoms with Crippen LogP contribution < -0.4 is 14.8 Å². The Kier molecular flexibility index (Phi) is 7.07. The van der Waals surface area contributed by atoms with Gasteiger partial charge in [-0.25, -0.2) is 0 Å². The summed E-state index contributed by atoms with van der Waals surface area (Å²) in [6.45, 7) is 1.03. The molecule has 0 saturated heterocycles. The van der Waals surface area contributed by atoms with Crippen molar-refractivity contribution in [2.75, 3.05) is 20.3 Å². The molecule has 1 N–H and O–H groups in total. The number of nitrogens with one attached hydrogen (secondary N) is 1. The molecule has 0 radical (unpaired) electrons. The first kappa shape index (κ1) is 19.5. The third-order valence-electron chi connectivity index (χ3n) is 4.18. The molecule has 1 aromatic heterocycles. The molecule has 6 nitrogen and oxygen atoms in total. The number of carbonyl (C=O) groups is 1. The van der Waals surface area contributed by atoms with Crippen LogP contribution in [0, 0.1) is 0 Å². The molecule has 0 aliphatic carbocycles. The van der Waals surface area contributed by atoms with Crippen LogP contribution in [-0.2, 0) is 11.2 Å². The van der Waals surface area contributed by atoms with E-state index in [-0.39, 0.29) is 5.91 Å². The summed E-state index contributed by atoms with van der Waals surface area (Å²) in [4.78, 5) is 11.9. The van der Waals surface area contributed by atoms with Crippen molar-refractivity contribution in [3.05, 3.63) is 66.4 Å². The lowest BCUT2D eigenvalue weighted by molar-refractivity contribution is -0.121. The quantitative estimate of drug-likeness (QED) is 0.541. The second-order valence-electron chi connectivity index (χ2n) is 6.28. The first-order valence-electron chi connectivity index (χ1n) is 9.29. The van der Waals surface area contributed by atoms with Gasteiger partial charge in [-0.1, -0.05) is 35.5 Å². The van der Waals surface area contributed by atoms with Crippen LogP contribution in [0.5, 0.6) is 11.5 Å². The molecular weight excluding hydrogens is 356 g/mol. The Morgan fingerprint density at radius 1 is 1.07 bits per heavy atom. The van der Waals surface area contributed by atoms with Crippen LogP contribution in [0.4, 0.5) is 0 Å². The van der Waals surface area contributed by atoms with E-state index in [0.29, 0.717) is 38.2 Å². The number of rotatable bonds is 10. The number of hydrogen-bond donors (Lipinski definition) is 1. The minimum Gasteiger partial charge on any atom is -0.497 e. The van der Waals surface area contributed by atoms with Crippen molar-refractivity contribution in [2.24, 2.45) is 0 Å². The molecule has 1 heterocycles. The molecule has 146 valence electrons. The highest BCUT2D eigenvalue weighted by Gasteiger charge is 2.08. The predicted molar refractivity (Wildman–Crippen MR) is 106 cm³/mol. The molecule has 28 heavy (non-hydrogen) atoms. The van der Waals surface area contributed by atoms with Gasteiger partial charge in [0, 0.05) is 31.0 Å². The maximum absolute atomic E-state index is 11.9. The Labute approximate surface area is 164 Å². The minimum absolute atomic E-state index is 0.00757. The molecule has 0 unspecified atom stereocenters. The zero-order valence-electron chi connectivity index (χ0n) is 15.9. The zero-order valence-corrected chi connectivity index (χ0v) is 15.9. The van der Waals surface area contributed by atoms with Gasteiger partial charge < -0.3 is 19.3 Å². The highest BCUT2D eigenvalue weighted by atomic mass is 16.5. The van der Waals surface area contributed by atoms with Crippen LogP contribution in [0.3, 0.4) is 0 Å². The fraction of sp³-hybridized carbons (Fsp3) is 0.273. The summed E-state index contributed by atoms with van der Waals surface area (Å²) in [5.41, 5.74) is 1.70. The average molecular weight is 380 g/mol. The second-order valence-corrected chi connectivity index (χ2v) is 6.28. The molecule has 6 heteroatoms. The minimum atomic E-state index is 0.00757. The van der Waals surface area contributed by atoms with E-state index in [1.54, 1.807) is 7.11 Å². The van der Waals surface area contributed by atoms with Gasteiger partial charge in [-0.3, -0.25) is 4.79 Å². The summed E-state index contributed by atoms with van der Waals surface area (Å²) < 4.78 is 16.2. The largest absolute Gasteiger partial charge is 0.497 e. The molecule has 0 aliphatic heterocycles. The van der Waals surface area contributed by atoms with Gasteiger partial charge in [0.25, 0.3) is 0 Å². The molecule has 0 spiro atoms.